The van der Waals surface area contributed by atoms with Crippen LogP contribution in [0.4, 0.5) is 0 Å². The van der Waals surface area contributed by atoms with E-state index in [2.05, 4.69) is 13.1 Å². The first kappa shape index (κ1) is 15.8. The second-order valence-corrected chi connectivity index (χ2v) is 1.50. The summed E-state index contributed by atoms with van der Waals surface area (Å²) in [7, 11) is 1.08. The van der Waals surface area contributed by atoms with Gasteiger partial charge in [0.25, 0.3) is 0 Å². The van der Waals surface area contributed by atoms with Crippen LogP contribution in [0.5, 0.6) is 0 Å². The van der Waals surface area contributed by atoms with E-state index >= 15 is 0 Å². The summed E-state index contributed by atoms with van der Waals surface area (Å²) < 4.78 is 0. The van der Waals surface area contributed by atoms with E-state index in [0.29, 0.717) is 0 Å². The van der Waals surface area contributed by atoms with Gasteiger partial charge in [-0.15, -0.1) is 0 Å². The van der Waals surface area contributed by atoms with Gasteiger partial charge in [0, 0.05) is 0 Å². The van der Waals surface area contributed by atoms with E-state index in [1.165, 1.54) is 0 Å². The topological polar surface area (TPSA) is 0 Å². The fraction of sp³-hybridized carbons (Fsp3) is 1.00. The molecule has 0 unspecified atom stereocenters. The van der Waals surface area contributed by atoms with E-state index in [1.807, 2.05) is 0 Å². The quantitative estimate of drug-likeness (QED) is 0.292. The van der Waals surface area contributed by atoms with Crippen LogP contribution < -0.4 is 103 Å². The number of hydrogen-bond donors (Lipinski definition) is 0. The van der Waals surface area contributed by atoms with E-state index in [9.17, 15) is 0 Å². The molecule has 0 spiro atoms. The van der Waals surface area contributed by atoms with E-state index in [1.54, 1.807) is 0 Å². The summed E-state index contributed by atoms with van der Waals surface area (Å²) in [6.07, 6.45) is 0. The van der Waals surface area contributed by atoms with Crippen molar-refractivity contribution >= 4 is 9.52 Å². The molecule has 0 fully saturated rings. The maximum atomic E-state index is 2.15. The molecule has 0 aliphatic rings. The van der Waals surface area contributed by atoms with E-state index < -0.39 is 0 Å². The zero-order chi connectivity index (χ0) is 2.71. The molecule has 0 amide bonds. The Morgan fingerprint density at radius 3 is 1.00 bits per heavy atom. The van der Waals surface area contributed by atoms with Crippen molar-refractivity contribution in [2.24, 2.45) is 0 Å². The molecule has 0 nitrogen and oxygen atoms in total. The molecule has 5 heavy (non-hydrogen) atoms. The molecule has 0 bridgehead atoms. The van der Waals surface area contributed by atoms with Gasteiger partial charge in [-0.1, -0.05) is 0 Å². The second kappa shape index (κ2) is 15.6. The third kappa shape index (κ3) is 18.5. The molecule has 0 radical (unpaired) electrons. The van der Waals surface area contributed by atoms with Crippen LogP contribution in [0.2, 0.25) is 13.1 Å². The van der Waals surface area contributed by atoms with E-state index in [0.717, 1.165) is 9.52 Å². The normalized spacial score (nSPS) is 3.60. The van der Waals surface area contributed by atoms with Gasteiger partial charge >= 0.3 is 103 Å². The van der Waals surface area contributed by atoms with Gasteiger partial charge in [-0.05, 0) is 0 Å². The molecule has 0 atom stereocenters. The molecule has 3 heteroatoms. The van der Waals surface area contributed by atoms with Gasteiger partial charge in [0.1, 0.15) is 0 Å². The zero-order valence-electron chi connectivity index (χ0n) is 4.50. The summed E-state index contributed by atoms with van der Waals surface area (Å²) in [5.41, 5.74) is 0. The van der Waals surface area contributed by atoms with Crippen LogP contribution in [0.15, 0.2) is 0 Å². The third-order valence-electron chi connectivity index (χ3n) is 0. The van der Waals surface area contributed by atoms with Crippen molar-refractivity contribution in [1.29, 1.82) is 0 Å². The predicted octanol–water partition coefficient (Wildman–Crippen LogP) is -5.21. The maximum Gasteiger partial charge on any atom is 1.00 e. The fourth-order valence-electron chi connectivity index (χ4n) is 0. The van der Waals surface area contributed by atoms with Crippen LogP contribution in [0.25, 0.3) is 0 Å². The summed E-state index contributed by atoms with van der Waals surface area (Å²) in [4.78, 5) is 0. The monoisotopic (exact) mass is 136 g/mol. The van der Waals surface area contributed by atoms with Crippen LogP contribution in [-0.4, -0.2) is 9.52 Å². The SMILES string of the molecule is C[Si-2]C.[K+].[K+]. The smallest absolute Gasteiger partial charge is 0.968 e. The van der Waals surface area contributed by atoms with Crippen molar-refractivity contribution in [3.63, 3.8) is 0 Å². The summed E-state index contributed by atoms with van der Waals surface area (Å²) in [5.74, 6) is 0. The first-order chi connectivity index (χ1) is 1.41. The van der Waals surface area contributed by atoms with E-state index in [-0.39, 0.29) is 103 Å². The van der Waals surface area contributed by atoms with Crippen LogP contribution >= 0.6 is 0 Å². The van der Waals surface area contributed by atoms with Gasteiger partial charge in [0.2, 0.25) is 0 Å². The summed E-state index contributed by atoms with van der Waals surface area (Å²) >= 11 is 0. The maximum absolute atomic E-state index is 2.15. The van der Waals surface area contributed by atoms with Crippen LogP contribution in [0.1, 0.15) is 0 Å². The fourth-order valence-corrected chi connectivity index (χ4v) is 0. The van der Waals surface area contributed by atoms with Gasteiger partial charge in [0.05, 0.1) is 0 Å². The van der Waals surface area contributed by atoms with Crippen molar-refractivity contribution in [2.45, 2.75) is 13.1 Å². The Labute approximate surface area is 122 Å². The molecule has 0 aromatic heterocycles. The molecule has 0 aromatic carbocycles. The van der Waals surface area contributed by atoms with Crippen LogP contribution in [0, 0.1) is 0 Å². The Bertz CT molecular complexity index is 7.61. The van der Waals surface area contributed by atoms with Crippen molar-refractivity contribution in [3.8, 4) is 0 Å². The Morgan fingerprint density at radius 2 is 1.00 bits per heavy atom. The number of rotatable bonds is 0. The van der Waals surface area contributed by atoms with Gasteiger partial charge < -0.3 is 22.6 Å². The minimum absolute atomic E-state index is 0. The molecule has 20 valence electrons. The van der Waals surface area contributed by atoms with E-state index in [4.69, 9.17) is 0 Å². The minimum Gasteiger partial charge on any atom is -0.968 e. The first-order valence-corrected chi connectivity index (χ1v) is 3.00. The summed E-state index contributed by atoms with van der Waals surface area (Å²) in [6.45, 7) is 4.31. The van der Waals surface area contributed by atoms with Crippen molar-refractivity contribution < 1.29 is 103 Å². The Balaban J connectivity index is -0.0000000200. The Morgan fingerprint density at radius 1 is 1.00 bits per heavy atom. The molecular weight excluding hydrogens is 130 g/mol. The summed E-state index contributed by atoms with van der Waals surface area (Å²) in [6, 6.07) is 0. The van der Waals surface area contributed by atoms with Gasteiger partial charge in [-0.25, -0.2) is 0 Å². The third-order valence-corrected chi connectivity index (χ3v) is 0. The molecule has 0 saturated carbocycles. The molecule has 0 aromatic rings. The van der Waals surface area contributed by atoms with Gasteiger partial charge in [-0.3, -0.25) is 0 Å². The second-order valence-electron chi connectivity index (χ2n) is 0.500. The van der Waals surface area contributed by atoms with Crippen LogP contribution in [-0.2, 0) is 0 Å². The molecular formula is C2H6K2Si. The van der Waals surface area contributed by atoms with Crippen molar-refractivity contribution in [3.05, 3.63) is 0 Å². The summed E-state index contributed by atoms with van der Waals surface area (Å²) in [5, 5.41) is 0. The first-order valence-electron chi connectivity index (χ1n) is 1.00. The molecule has 0 heterocycles. The molecule has 0 rings (SSSR count). The number of hydrogen-bond acceptors (Lipinski definition) is 0. The Kier molecular flexibility index (Phi) is 49.5. The van der Waals surface area contributed by atoms with Crippen LogP contribution in [0.3, 0.4) is 0 Å². The standard InChI is InChI=1S/C2H6Si.2K/c1-3-2;;/h1-2H3;;/q-2;2*+1. The average Bonchev–Trinajstić information content (AvgIpc) is 0.918. The molecule has 0 aliphatic carbocycles. The molecule has 0 aliphatic heterocycles. The Hall–Kier alpha value is 3.49. The van der Waals surface area contributed by atoms with Crippen molar-refractivity contribution in [2.75, 3.05) is 0 Å². The molecule has 0 N–H and O–H groups in total. The average molecular weight is 136 g/mol. The van der Waals surface area contributed by atoms with Gasteiger partial charge in [0.15, 0.2) is 0 Å². The minimum atomic E-state index is 0. The largest absolute Gasteiger partial charge is 1.00 e. The van der Waals surface area contributed by atoms with Gasteiger partial charge in [-0.2, -0.15) is 0 Å². The van der Waals surface area contributed by atoms with Crippen molar-refractivity contribution in [1.82, 2.24) is 0 Å². The predicted molar refractivity (Wildman–Crippen MR) is 17.5 cm³/mol. The molecule has 0 saturated heterocycles. The zero-order valence-corrected chi connectivity index (χ0v) is 11.7.